The summed E-state index contributed by atoms with van der Waals surface area (Å²) < 4.78 is 2.15. The summed E-state index contributed by atoms with van der Waals surface area (Å²) in [7, 11) is 0. The normalized spacial score (nSPS) is 13.4. The largest absolute Gasteiger partial charge is 0.507 e. The zero-order valence-electron chi connectivity index (χ0n) is 17.3. The molecule has 2 N–H and O–H groups in total. The van der Waals surface area contributed by atoms with Gasteiger partial charge in [0.15, 0.2) is 5.16 Å². The standard InChI is InChI=1S/C23H26N4O2S/c1-15-10-18(11-16(2)21(15)29)12-24-20(28)14-30-23-26-25-22(19-8-9-19)27(23)13-17-6-4-3-5-7-17/h3-7,10-11,19,29H,8-9,12-14H2,1-2H3,(H,24,28). The average Bonchev–Trinajstić information content (AvgIpc) is 3.51. The number of nitrogens with one attached hydrogen (secondary N) is 1. The monoisotopic (exact) mass is 422 g/mol. The number of aromatic hydroxyl groups is 1. The number of hydrogen-bond donors (Lipinski definition) is 2. The number of benzene rings is 2. The van der Waals surface area contributed by atoms with Crippen LogP contribution in [0.15, 0.2) is 47.6 Å². The van der Waals surface area contributed by atoms with Crippen LogP contribution in [-0.2, 0) is 17.9 Å². The summed E-state index contributed by atoms with van der Waals surface area (Å²) in [5.74, 6) is 2.06. The molecule has 1 fully saturated rings. The molecule has 0 bridgehead atoms. The molecule has 1 aromatic heterocycles. The molecule has 0 radical (unpaired) electrons. The highest BCUT2D eigenvalue weighted by Gasteiger charge is 2.30. The minimum atomic E-state index is -0.0504. The van der Waals surface area contributed by atoms with Gasteiger partial charge in [-0.05, 0) is 48.9 Å². The lowest BCUT2D eigenvalue weighted by Crippen LogP contribution is -2.25. The van der Waals surface area contributed by atoms with Crippen LogP contribution >= 0.6 is 11.8 Å². The molecular formula is C23H26N4O2S. The molecular weight excluding hydrogens is 396 g/mol. The second kappa shape index (κ2) is 8.92. The summed E-state index contributed by atoms with van der Waals surface area (Å²) in [4.78, 5) is 12.4. The number of nitrogens with zero attached hydrogens (tertiary/aromatic N) is 3. The summed E-state index contributed by atoms with van der Waals surface area (Å²) in [6.07, 6.45) is 2.31. The molecule has 0 saturated heterocycles. The molecule has 1 amide bonds. The van der Waals surface area contributed by atoms with Gasteiger partial charge < -0.3 is 15.0 Å². The molecule has 1 aliphatic rings. The lowest BCUT2D eigenvalue weighted by molar-refractivity contribution is -0.118. The van der Waals surface area contributed by atoms with E-state index in [4.69, 9.17) is 0 Å². The average molecular weight is 423 g/mol. The quantitative estimate of drug-likeness (QED) is 0.538. The fourth-order valence-electron chi connectivity index (χ4n) is 3.49. The minimum absolute atomic E-state index is 0.0504. The van der Waals surface area contributed by atoms with Gasteiger partial charge in [0.05, 0.1) is 12.3 Å². The lowest BCUT2D eigenvalue weighted by atomic mass is 10.1. The Kier molecular flexibility index (Phi) is 6.08. The van der Waals surface area contributed by atoms with E-state index in [2.05, 4.69) is 32.2 Å². The Hall–Kier alpha value is -2.80. The second-order valence-electron chi connectivity index (χ2n) is 7.83. The molecule has 4 rings (SSSR count). The van der Waals surface area contributed by atoms with Crippen molar-refractivity contribution in [2.24, 2.45) is 0 Å². The van der Waals surface area contributed by atoms with Crippen molar-refractivity contribution in [1.82, 2.24) is 20.1 Å². The Balaban J connectivity index is 1.38. The molecule has 2 aromatic carbocycles. The Morgan fingerprint density at radius 2 is 1.83 bits per heavy atom. The maximum absolute atomic E-state index is 12.4. The van der Waals surface area contributed by atoms with Crippen molar-refractivity contribution in [3.8, 4) is 5.75 Å². The van der Waals surface area contributed by atoms with Gasteiger partial charge in [0.25, 0.3) is 0 Å². The molecule has 0 atom stereocenters. The Bertz CT molecular complexity index is 1020. The fourth-order valence-corrected chi connectivity index (χ4v) is 4.27. The molecule has 30 heavy (non-hydrogen) atoms. The number of carbonyl (C=O) groups is 1. The first-order valence-electron chi connectivity index (χ1n) is 10.2. The van der Waals surface area contributed by atoms with Gasteiger partial charge in [-0.1, -0.05) is 54.2 Å². The van der Waals surface area contributed by atoms with Crippen LogP contribution in [0.25, 0.3) is 0 Å². The third kappa shape index (κ3) is 4.84. The summed E-state index contributed by atoms with van der Waals surface area (Å²) in [5, 5.41) is 22.4. The number of rotatable bonds is 8. The van der Waals surface area contributed by atoms with E-state index in [-0.39, 0.29) is 11.7 Å². The van der Waals surface area contributed by atoms with E-state index in [1.807, 2.05) is 44.2 Å². The summed E-state index contributed by atoms with van der Waals surface area (Å²) in [6, 6.07) is 14.1. The number of thioether (sulfide) groups is 1. The van der Waals surface area contributed by atoms with Gasteiger partial charge in [-0.25, -0.2) is 0 Å². The van der Waals surface area contributed by atoms with E-state index < -0.39 is 0 Å². The maximum Gasteiger partial charge on any atom is 0.230 e. The highest BCUT2D eigenvalue weighted by Crippen LogP contribution is 2.40. The van der Waals surface area contributed by atoms with Crippen LogP contribution in [0.3, 0.4) is 0 Å². The molecule has 1 aliphatic carbocycles. The zero-order valence-corrected chi connectivity index (χ0v) is 18.1. The van der Waals surface area contributed by atoms with Crippen LogP contribution in [-0.4, -0.2) is 31.5 Å². The third-order valence-corrected chi connectivity index (χ3v) is 6.21. The van der Waals surface area contributed by atoms with Crippen LogP contribution in [0, 0.1) is 13.8 Å². The van der Waals surface area contributed by atoms with Crippen LogP contribution in [0.1, 0.15) is 46.8 Å². The summed E-state index contributed by atoms with van der Waals surface area (Å²) >= 11 is 1.42. The molecule has 7 heteroatoms. The summed E-state index contributed by atoms with van der Waals surface area (Å²) in [5.41, 5.74) is 3.80. The van der Waals surface area contributed by atoms with E-state index in [1.165, 1.54) is 17.3 Å². The van der Waals surface area contributed by atoms with E-state index in [0.29, 0.717) is 18.2 Å². The highest BCUT2D eigenvalue weighted by atomic mass is 32.2. The molecule has 1 saturated carbocycles. The number of aromatic nitrogens is 3. The van der Waals surface area contributed by atoms with Crippen LogP contribution in [0.4, 0.5) is 0 Å². The predicted molar refractivity (Wildman–Crippen MR) is 118 cm³/mol. The molecule has 0 spiro atoms. The van der Waals surface area contributed by atoms with E-state index >= 15 is 0 Å². The summed E-state index contributed by atoms with van der Waals surface area (Å²) in [6.45, 7) is 4.88. The van der Waals surface area contributed by atoms with Crippen LogP contribution in [0.2, 0.25) is 0 Å². The first kappa shape index (κ1) is 20.5. The van der Waals surface area contributed by atoms with Gasteiger partial charge in [0, 0.05) is 12.5 Å². The minimum Gasteiger partial charge on any atom is -0.507 e. The van der Waals surface area contributed by atoms with Gasteiger partial charge in [-0.2, -0.15) is 0 Å². The molecule has 1 heterocycles. The topological polar surface area (TPSA) is 80.0 Å². The Labute approximate surface area is 180 Å². The van der Waals surface area contributed by atoms with E-state index in [0.717, 1.165) is 47.1 Å². The van der Waals surface area contributed by atoms with Crippen molar-refractivity contribution in [3.63, 3.8) is 0 Å². The molecule has 156 valence electrons. The number of phenols is 1. The van der Waals surface area contributed by atoms with E-state index in [9.17, 15) is 9.90 Å². The number of carbonyl (C=O) groups excluding carboxylic acids is 1. The van der Waals surface area contributed by atoms with Crippen molar-refractivity contribution >= 4 is 17.7 Å². The second-order valence-corrected chi connectivity index (χ2v) is 8.77. The first-order chi connectivity index (χ1) is 14.5. The van der Waals surface area contributed by atoms with Crippen LogP contribution in [0.5, 0.6) is 5.75 Å². The zero-order chi connectivity index (χ0) is 21.1. The number of amides is 1. The van der Waals surface area contributed by atoms with Gasteiger partial charge in [0.1, 0.15) is 11.6 Å². The molecule has 0 unspecified atom stereocenters. The van der Waals surface area contributed by atoms with Crippen molar-refractivity contribution < 1.29 is 9.90 Å². The van der Waals surface area contributed by atoms with Gasteiger partial charge >= 0.3 is 0 Å². The number of hydrogen-bond acceptors (Lipinski definition) is 5. The van der Waals surface area contributed by atoms with Crippen molar-refractivity contribution in [1.29, 1.82) is 0 Å². The smallest absolute Gasteiger partial charge is 0.230 e. The molecule has 6 nitrogen and oxygen atoms in total. The fraction of sp³-hybridized carbons (Fsp3) is 0.348. The van der Waals surface area contributed by atoms with Crippen LogP contribution < -0.4 is 5.32 Å². The first-order valence-corrected chi connectivity index (χ1v) is 11.2. The Morgan fingerprint density at radius 1 is 1.13 bits per heavy atom. The molecule has 3 aromatic rings. The number of phenolic OH excluding ortho intramolecular Hbond substituents is 1. The number of aryl methyl sites for hydroxylation is 2. The maximum atomic E-state index is 12.4. The van der Waals surface area contributed by atoms with Crippen molar-refractivity contribution in [3.05, 3.63) is 70.5 Å². The van der Waals surface area contributed by atoms with Gasteiger partial charge in [0.2, 0.25) is 5.91 Å². The van der Waals surface area contributed by atoms with Crippen molar-refractivity contribution in [2.45, 2.75) is 50.9 Å². The third-order valence-electron chi connectivity index (χ3n) is 5.24. The van der Waals surface area contributed by atoms with E-state index in [1.54, 1.807) is 0 Å². The molecule has 0 aliphatic heterocycles. The highest BCUT2D eigenvalue weighted by molar-refractivity contribution is 7.99. The SMILES string of the molecule is Cc1cc(CNC(=O)CSc2nnc(C3CC3)n2Cc2ccccc2)cc(C)c1O. The van der Waals surface area contributed by atoms with Gasteiger partial charge in [-0.15, -0.1) is 10.2 Å². The lowest BCUT2D eigenvalue weighted by Gasteiger charge is -2.11. The van der Waals surface area contributed by atoms with Crippen molar-refractivity contribution in [2.75, 3.05) is 5.75 Å². The Morgan fingerprint density at radius 3 is 2.50 bits per heavy atom. The predicted octanol–water partition coefficient (Wildman–Crippen LogP) is 3.93. The van der Waals surface area contributed by atoms with Gasteiger partial charge in [-0.3, -0.25) is 4.79 Å².